The van der Waals surface area contributed by atoms with Crippen LogP contribution in [0.3, 0.4) is 0 Å². The lowest BCUT2D eigenvalue weighted by Crippen LogP contribution is -2.44. The fourth-order valence-electron chi connectivity index (χ4n) is 3.00. The summed E-state index contributed by atoms with van der Waals surface area (Å²) in [4.78, 5) is 0.0916. The van der Waals surface area contributed by atoms with Gasteiger partial charge in [0.05, 0.1) is 4.90 Å². The Morgan fingerprint density at radius 2 is 2.04 bits per heavy atom. The molecule has 24 heavy (non-hydrogen) atoms. The van der Waals surface area contributed by atoms with Crippen LogP contribution in [-0.4, -0.2) is 28.2 Å². The zero-order chi connectivity index (χ0) is 17.2. The van der Waals surface area contributed by atoms with E-state index < -0.39 is 15.8 Å². The van der Waals surface area contributed by atoms with Crippen molar-refractivity contribution >= 4 is 21.4 Å². The van der Waals surface area contributed by atoms with Crippen molar-refractivity contribution in [3.63, 3.8) is 0 Å². The molecule has 0 unspecified atom stereocenters. The summed E-state index contributed by atoms with van der Waals surface area (Å²) in [6.45, 7) is 3.10. The highest BCUT2D eigenvalue weighted by Crippen LogP contribution is 2.35. The van der Waals surface area contributed by atoms with Crippen molar-refractivity contribution in [1.82, 2.24) is 4.72 Å². The molecule has 1 aromatic heterocycles. The van der Waals surface area contributed by atoms with Crippen LogP contribution in [0.1, 0.15) is 24.0 Å². The van der Waals surface area contributed by atoms with Gasteiger partial charge < -0.3 is 4.74 Å². The monoisotopic (exact) mass is 369 g/mol. The first kappa shape index (κ1) is 17.5. The van der Waals surface area contributed by atoms with Gasteiger partial charge in [0.15, 0.2) is 0 Å². The largest absolute Gasteiger partial charge is 0.381 e. The lowest BCUT2D eigenvalue weighted by atomic mass is 9.75. The number of hydrogen-bond acceptors (Lipinski definition) is 4. The predicted octanol–water partition coefficient (Wildman–Crippen LogP) is 3.22. The van der Waals surface area contributed by atoms with E-state index in [-0.39, 0.29) is 10.3 Å². The number of sulfonamides is 1. The minimum absolute atomic E-state index is 0.0916. The molecule has 4 nitrogen and oxygen atoms in total. The number of benzene rings is 1. The fourth-order valence-corrected chi connectivity index (χ4v) is 4.99. The average Bonchev–Trinajstić information content (AvgIpc) is 3.12. The van der Waals surface area contributed by atoms with Crippen molar-refractivity contribution in [3.05, 3.63) is 52.0 Å². The van der Waals surface area contributed by atoms with Crippen molar-refractivity contribution in [1.29, 1.82) is 0 Å². The highest BCUT2D eigenvalue weighted by molar-refractivity contribution is 7.89. The maximum absolute atomic E-state index is 13.4. The van der Waals surface area contributed by atoms with Gasteiger partial charge in [0.2, 0.25) is 10.0 Å². The van der Waals surface area contributed by atoms with Gasteiger partial charge in [0, 0.05) is 25.2 Å². The second-order valence-corrected chi connectivity index (χ2v) is 8.69. The summed E-state index contributed by atoms with van der Waals surface area (Å²) < 4.78 is 46.7. The molecule has 2 heterocycles. The maximum Gasteiger partial charge on any atom is 0.240 e. The van der Waals surface area contributed by atoms with Crippen molar-refractivity contribution in [2.45, 2.75) is 30.1 Å². The van der Waals surface area contributed by atoms with Crippen LogP contribution in [0.4, 0.5) is 4.39 Å². The summed E-state index contributed by atoms with van der Waals surface area (Å²) in [6, 6.07) is 5.89. The average molecular weight is 369 g/mol. The van der Waals surface area contributed by atoms with Gasteiger partial charge in [0.1, 0.15) is 5.82 Å². The van der Waals surface area contributed by atoms with E-state index >= 15 is 0 Å². The Hall–Kier alpha value is -1.28. The Morgan fingerprint density at radius 1 is 1.29 bits per heavy atom. The lowest BCUT2D eigenvalue weighted by Gasteiger charge is -2.37. The van der Waals surface area contributed by atoms with E-state index in [0.29, 0.717) is 25.3 Å². The molecule has 130 valence electrons. The smallest absolute Gasteiger partial charge is 0.240 e. The van der Waals surface area contributed by atoms with E-state index in [9.17, 15) is 12.8 Å². The second-order valence-electron chi connectivity index (χ2n) is 6.14. The third-order valence-corrected chi connectivity index (χ3v) is 6.71. The molecule has 0 amide bonds. The van der Waals surface area contributed by atoms with Gasteiger partial charge >= 0.3 is 0 Å². The van der Waals surface area contributed by atoms with E-state index in [4.69, 9.17) is 4.74 Å². The highest BCUT2D eigenvalue weighted by Gasteiger charge is 2.36. The normalized spacial score (nSPS) is 17.8. The summed E-state index contributed by atoms with van der Waals surface area (Å²) in [6.07, 6.45) is 1.55. The standard InChI is InChI=1S/C17H20FNO3S2/c1-13-10-15(2-3-16(13)18)24(20,21)19-12-17(5-7-22-8-6-17)14-4-9-23-11-14/h2-4,9-11,19H,5-8,12H2,1H3. The molecule has 0 bridgehead atoms. The molecule has 1 aromatic carbocycles. The number of hydrogen-bond donors (Lipinski definition) is 1. The van der Waals surface area contributed by atoms with Gasteiger partial charge in [-0.15, -0.1) is 0 Å². The van der Waals surface area contributed by atoms with Crippen LogP contribution in [0, 0.1) is 12.7 Å². The van der Waals surface area contributed by atoms with E-state index in [0.717, 1.165) is 18.4 Å². The summed E-state index contributed by atoms with van der Waals surface area (Å²) in [7, 11) is -3.68. The molecule has 0 spiro atoms. The fraction of sp³-hybridized carbons (Fsp3) is 0.412. The first-order valence-corrected chi connectivity index (χ1v) is 10.2. The van der Waals surface area contributed by atoms with Gasteiger partial charge in [-0.1, -0.05) is 0 Å². The number of nitrogens with one attached hydrogen (secondary N) is 1. The molecule has 0 saturated carbocycles. The van der Waals surface area contributed by atoms with Gasteiger partial charge in [-0.2, -0.15) is 11.3 Å². The van der Waals surface area contributed by atoms with Crippen molar-refractivity contribution in [2.75, 3.05) is 19.8 Å². The zero-order valence-corrected chi connectivity index (χ0v) is 15.1. The number of rotatable bonds is 5. The van der Waals surface area contributed by atoms with Crippen LogP contribution in [-0.2, 0) is 20.2 Å². The highest BCUT2D eigenvalue weighted by atomic mass is 32.2. The van der Waals surface area contributed by atoms with Gasteiger partial charge in [-0.25, -0.2) is 17.5 Å². The van der Waals surface area contributed by atoms with E-state index in [1.165, 1.54) is 18.2 Å². The Bertz CT molecular complexity index is 797. The zero-order valence-electron chi connectivity index (χ0n) is 13.4. The molecule has 1 saturated heterocycles. The van der Waals surface area contributed by atoms with Crippen LogP contribution >= 0.6 is 11.3 Å². The Morgan fingerprint density at radius 3 is 2.67 bits per heavy atom. The number of halogens is 1. The van der Waals surface area contributed by atoms with Crippen molar-refractivity contribution in [2.24, 2.45) is 0 Å². The van der Waals surface area contributed by atoms with E-state index in [1.54, 1.807) is 18.3 Å². The first-order chi connectivity index (χ1) is 11.4. The summed E-state index contributed by atoms with van der Waals surface area (Å²) in [5.41, 5.74) is 1.21. The first-order valence-electron chi connectivity index (χ1n) is 7.79. The third-order valence-electron chi connectivity index (χ3n) is 4.62. The topological polar surface area (TPSA) is 55.4 Å². The second kappa shape index (κ2) is 6.92. The Balaban J connectivity index is 1.82. The molecule has 3 rings (SSSR count). The molecule has 0 aliphatic carbocycles. The van der Waals surface area contributed by atoms with E-state index in [2.05, 4.69) is 10.1 Å². The molecule has 1 fully saturated rings. The van der Waals surface area contributed by atoms with Gasteiger partial charge in [-0.3, -0.25) is 0 Å². The number of thiophene rings is 1. The third kappa shape index (κ3) is 3.54. The molecule has 0 atom stereocenters. The van der Waals surface area contributed by atoms with Gasteiger partial charge in [-0.05, 0) is 65.9 Å². The summed E-state index contributed by atoms with van der Waals surface area (Å²) >= 11 is 1.61. The molecule has 1 aliphatic rings. The predicted molar refractivity (Wildman–Crippen MR) is 92.4 cm³/mol. The molecular weight excluding hydrogens is 349 g/mol. The summed E-state index contributed by atoms with van der Waals surface area (Å²) in [5, 5.41) is 4.08. The lowest BCUT2D eigenvalue weighted by molar-refractivity contribution is 0.0518. The Kier molecular flexibility index (Phi) is 5.05. The minimum atomic E-state index is -3.68. The van der Waals surface area contributed by atoms with Gasteiger partial charge in [0.25, 0.3) is 0 Å². The van der Waals surface area contributed by atoms with Crippen LogP contribution in [0.15, 0.2) is 39.9 Å². The Labute approximate surface area is 145 Å². The number of ether oxygens (including phenoxy) is 1. The van der Waals surface area contributed by atoms with Crippen LogP contribution in [0.2, 0.25) is 0 Å². The number of aryl methyl sites for hydroxylation is 1. The SMILES string of the molecule is Cc1cc(S(=O)(=O)NCC2(c3ccsc3)CCOCC2)ccc1F. The quantitative estimate of drug-likeness (QED) is 0.880. The molecular formula is C17H20FNO3S2. The minimum Gasteiger partial charge on any atom is -0.381 e. The van der Waals surface area contributed by atoms with Crippen LogP contribution in [0.5, 0.6) is 0 Å². The van der Waals surface area contributed by atoms with E-state index in [1.807, 2.05) is 11.4 Å². The van der Waals surface area contributed by atoms with Crippen molar-refractivity contribution < 1.29 is 17.5 Å². The summed E-state index contributed by atoms with van der Waals surface area (Å²) in [5.74, 6) is -0.409. The van der Waals surface area contributed by atoms with Crippen molar-refractivity contribution in [3.8, 4) is 0 Å². The van der Waals surface area contributed by atoms with Crippen LogP contribution in [0.25, 0.3) is 0 Å². The molecule has 7 heteroatoms. The maximum atomic E-state index is 13.4. The molecule has 2 aromatic rings. The molecule has 0 radical (unpaired) electrons. The molecule has 1 N–H and O–H groups in total. The van der Waals surface area contributed by atoms with Crippen LogP contribution < -0.4 is 4.72 Å². The molecule has 1 aliphatic heterocycles.